The van der Waals surface area contributed by atoms with Gasteiger partial charge in [0.1, 0.15) is 28.7 Å². The predicted molar refractivity (Wildman–Crippen MR) is 148 cm³/mol. The number of nitriles is 1. The number of hydrogen-bond donors (Lipinski definition) is 2. The van der Waals surface area contributed by atoms with Crippen LogP contribution in [-0.2, 0) is 24.3 Å². The number of aromatic nitrogens is 5. The maximum absolute atomic E-state index is 13.2. The van der Waals surface area contributed by atoms with Crippen molar-refractivity contribution in [2.45, 2.75) is 51.5 Å². The number of thiophene rings is 1. The fraction of sp³-hybridized carbons (Fsp3) is 0.321. The number of halogens is 3. The number of rotatable bonds is 7. The zero-order chi connectivity index (χ0) is 28.7. The molecule has 1 aliphatic heterocycles. The predicted octanol–water partition coefficient (Wildman–Crippen LogP) is 5.31. The number of piperidine rings is 1. The zero-order valence-corrected chi connectivity index (χ0v) is 22.8. The van der Waals surface area contributed by atoms with Crippen molar-refractivity contribution in [1.29, 1.82) is 5.26 Å². The average Bonchev–Trinajstić information content (AvgIpc) is 3.66. The van der Waals surface area contributed by atoms with Gasteiger partial charge in [-0.05, 0) is 42.7 Å². The Hall–Kier alpha value is -4.44. The molecule has 0 aliphatic carbocycles. The number of fused-ring (bicyclic) bond motifs is 2. The molecule has 0 radical (unpaired) electrons. The molecule has 4 aromatic heterocycles. The fourth-order valence-electron chi connectivity index (χ4n) is 5.38. The van der Waals surface area contributed by atoms with Gasteiger partial charge in [0, 0.05) is 53.1 Å². The highest BCUT2D eigenvalue weighted by Crippen LogP contribution is 2.33. The molecule has 1 atom stereocenters. The molecule has 1 saturated heterocycles. The highest BCUT2D eigenvalue weighted by atomic mass is 32.1. The van der Waals surface area contributed by atoms with Gasteiger partial charge < -0.3 is 14.8 Å². The summed E-state index contributed by atoms with van der Waals surface area (Å²) in [7, 11) is 0. The van der Waals surface area contributed by atoms with Gasteiger partial charge in [-0.3, -0.25) is 9.89 Å². The van der Waals surface area contributed by atoms with Gasteiger partial charge in [-0.25, -0.2) is 9.97 Å². The Kier molecular flexibility index (Phi) is 6.86. The van der Waals surface area contributed by atoms with Crippen molar-refractivity contribution < 1.29 is 18.0 Å². The molecule has 0 spiro atoms. The minimum atomic E-state index is -4.30. The lowest BCUT2D eigenvalue weighted by Crippen LogP contribution is -2.43. The summed E-state index contributed by atoms with van der Waals surface area (Å²) in [6.45, 7) is 3.50. The second-order valence-electron chi connectivity index (χ2n) is 10.2. The first-order chi connectivity index (χ1) is 19.7. The number of likely N-dealkylation sites (tertiary alicyclic amines) is 1. The van der Waals surface area contributed by atoms with E-state index in [-0.39, 0.29) is 23.2 Å². The number of H-pyrrole nitrogens is 1. The van der Waals surface area contributed by atoms with Crippen molar-refractivity contribution in [1.82, 2.24) is 29.6 Å². The molecule has 1 fully saturated rings. The monoisotopic (exact) mass is 578 g/mol. The molecule has 5 heterocycles. The van der Waals surface area contributed by atoms with Gasteiger partial charge in [-0.15, -0.1) is 11.3 Å². The van der Waals surface area contributed by atoms with Gasteiger partial charge in [-0.2, -0.15) is 23.5 Å². The summed E-state index contributed by atoms with van der Waals surface area (Å²) in [5.41, 5.74) is 4.50. The van der Waals surface area contributed by atoms with E-state index in [9.17, 15) is 23.2 Å². The van der Waals surface area contributed by atoms with Crippen molar-refractivity contribution in [2.24, 2.45) is 0 Å². The third-order valence-corrected chi connectivity index (χ3v) is 8.50. The van der Waals surface area contributed by atoms with Crippen LogP contribution in [-0.4, -0.2) is 54.3 Å². The number of nitrogens with one attached hydrogen (secondary N) is 2. The van der Waals surface area contributed by atoms with E-state index in [0.29, 0.717) is 47.8 Å². The summed E-state index contributed by atoms with van der Waals surface area (Å²) in [5.74, 6) is 0.428. The van der Waals surface area contributed by atoms with Gasteiger partial charge in [0.15, 0.2) is 0 Å². The number of nitrogens with zero attached hydrogens (tertiary/aromatic N) is 6. The Morgan fingerprint density at radius 2 is 2.07 bits per heavy atom. The van der Waals surface area contributed by atoms with Gasteiger partial charge in [0.25, 0.3) is 0 Å². The molecule has 5 aromatic rings. The first-order valence-corrected chi connectivity index (χ1v) is 13.8. The number of hydrogen-bond acceptors (Lipinski definition) is 7. The van der Waals surface area contributed by atoms with E-state index in [0.717, 1.165) is 38.9 Å². The summed E-state index contributed by atoms with van der Waals surface area (Å²) in [5, 5.41) is 21.3. The smallest absolute Gasteiger partial charge is 0.366 e. The first kappa shape index (κ1) is 26.8. The summed E-state index contributed by atoms with van der Waals surface area (Å²) < 4.78 is 40.6. The molecular weight excluding hydrogens is 553 g/mol. The molecule has 9 nitrogen and oxygen atoms in total. The minimum Gasteiger partial charge on any atom is -0.366 e. The number of benzene rings is 1. The lowest BCUT2D eigenvalue weighted by molar-refractivity contribution is -0.134. The third-order valence-electron chi connectivity index (χ3n) is 7.46. The molecule has 0 bridgehead atoms. The van der Waals surface area contributed by atoms with Crippen LogP contribution in [0.3, 0.4) is 0 Å². The summed E-state index contributed by atoms with van der Waals surface area (Å²) in [4.78, 5) is 24.0. The van der Waals surface area contributed by atoms with Crippen LogP contribution in [0.15, 0.2) is 43.0 Å². The molecule has 6 rings (SSSR count). The normalized spacial score (nSPS) is 16.0. The van der Waals surface area contributed by atoms with Crippen molar-refractivity contribution in [3.8, 4) is 6.07 Å². The Balaban J connectivity index is 1.15. The lowest BCUT2D eigenvalue weighted by atomic mass is 10.0. The fourth-order valence-corrected chi connectivity index (χ4v) is 6.40. The highest BCUT2D eigenvalue weighted by Gasteiger charge is 2.30. The molecule has 210 valence electrons. The van der Waals surface area contributed by atoms with Crippen LogP contribution >= 0.6 is 11.3 Å². The van der Waals surface area contributed by atoms with Crippen molar-refractivity contribution in [3.63, 3.8) is 0 Å². The van der Waals surface area contributed by atoms with E-state index in [1.165, 1.54) is 12.4 Å². The molecule has 1 amide bonds. The van der Waals surface area contributed by atoms with E-state index in [1.807, 2.05) is 34.6 Å². The van der Waals surface area contributed by atoms with E-state index < -0.39 is 12.6 Å². The lowest BCUT2D eigenvalue weighted by Gasteiger charge is -2.33. The van der Waals surface area contributed by atoms with Crippen LogP contribution in [0, 0.1) is 18.3 Å². The van der Waals surface area contributed by atoms with Crippen molar-refractivity contribution in [2.75, 3.05) is 11.9 Å². The maximum Gasteiger partial charge on any atom is 0.393 e. The van der Waals surface area contributed by atoms with E-state index in [2.05, 4.69) is 31.6 Å². The topological polar surface area (TPSA) is 116 Å². The Morgan fingerprint density at radius 1 is 1.22 bits per heavy atom. The Morgan fingerprint density at radius 3 is 2.80 bits per heavy atom. The second-order valence-corrected chi connectivity index (χ2v) is 11.3. The average molecular weight is 579 g/mol. The molecule has 13 heteroatoms. The SMILES string of the molecule is Cc1c(CN2CCC(Nc3ncnc4sc(CC(F)(F)F)cc34)CC2=O)ccc2c1cc(C#N)n2Cc1cn[nH]c1. The van der Waals surface area contributed by atoms with Crippen LogP contribution in [0.25, 0.3) is 21.1 Å². The summed E-state index contributed by atoms with van der Waals surface area (Å²) >= 11 is 0.999. The number of anilines is 1. The number of aryl methyl sites for hydroxylation is 1. The van der Waals surface area contributed by atoms with Crippen LogP contribution in [0.5, 0.6) is 0 Å². The minimum absolute atomic E-state index is 0.0168. The van der Waals surface area contributed by atoms with E-state index in [4.69, 9.17) is 0 Å². The Labute approximate surface area is 236 Å². The van der Waals surface area contributed by atoms with Gasteiger partial charge in [0.2, 0.25) is 5.91 Å². The highest BCUT2D eigenvalue weighted by molar-refractivity contribution is 7.18. The Bertz CT molecular complexity index is 1780. The molecular formula is C28H25F3N8OS. The molecule has 41 heavy (non-hydrogen) atoms. The maximum atomic E-state index is 13.2. The quantitative estimate of drug-likeness (QED) is 0.271. The van der Waals surface area contributed by atoms with Crippen LogP contribution in [0.1, 0.15) is 40.1 Å². The zero-order valence-electron chi connectivity index (χ0n) is 22.0. The van der Waals surface area contributed by atoms with Gasteiger partial charge in [-0.1, -0.05) is 6.07 Å². The van der Waals surface area contributed by atoms with Crippen LogP contribution < -0.4 is 5.32 Å². The molecule has 2 N–H and O–H groups in total. The van der Waals surface area contributed by atoms with Crippen molar-refractivity contribution >= 4 is 44.2 Å². The molecule has 1 aliphatic rings. The number of aromatic amines is 1. The standard InChI is InChI=1S/C28H25F3N8OS/c1-16-18(2-3-24-22(16)7-20(10-32)39(24)13-17-11-35-36-12-17)14-38-5-4-19(6-25(38)40)37-26-23-8-21(9-28(29,30)31)41-27(23)34-15-33-26/h2-3,7-8,11-12,15,19H,4-6,9,13-14H2,1H3,(H,35,36)(H,33,34,37). The van der Waals surface area contributed by atoms with Crippen molar-refractivity contribution in [3.05, 3.63) is 70.2 Å². The van der Waals surface area contributed by atoms with E-state index >= 15 is 0 Å². The van der Waals surface area contributed by atoms with Gasteiger partial charge >= 0.3 is 6.18 Å². The molecule has 1 unspecified atom stereocenters. The number of carbonyl (C=O) groups is 1. The first-order valence-electron chi connectivity index (χ1n) is 13.0. The largest absolute Gasteiger partial charge is 0.393 e. The van der Waals surface area contributed by atoms with Gasteiger partial charge in [0.05, 0.1) is 24.5 Å². The molecule has 0 saturated carbocycles. The second kappa shape index (κ2) is 10.5. The molecule has 1 aromatic carbocycles. The number of carbonyl (C=O) groups excluding carboxylic acids is 1. The summed E-state index contributed by atoms with van der Waals surface area (Å²) in [6, 6.07) is 9.46. The van der Waals surface area contributed by atoms with Crippen LogP contribution in [0.4, 0.5) is 19.0 Å². The third kappa shape index (κ3) is 5.47. The van der Waals surface area contributed by atoms with Crippen LogP contribution in [0.2, 0.25) is 0 Å². The number of alkyl halides is 3. The summed E-state index contributed by atoms with van der Waals surface area (Å²) in [6.07, 6.45) is 0.460. The number of amides is 1. The van der Waals surface area contributed by atoms with E-state index in [1.54, 1.807) is 12.4 Å².